The first-order valence-electron chi connectivity index (χ1n) is 7.65. The first-order valence-corrected chi connectivity index (χ1v) is 8.02. The molecule has 0 aliphatic carbocycles. The number of benzene rings is 1. The highest BCUT2D eigenvalue weighted by Gasteiger charge is 2.40. The standard InChI is InChI=1S/C16H22ClN3O/c17-15-4-2-1-3-11(15)9-19-16(21)10-20-13-5-6-14(20)8-12(18)7-13/h1-4,12-14H,5-10,18H2,(H,19,21). The first kappa shape index (κ1) is 14.8. The van der Waals surface area contributed by atoms with Crippen molar-refractivity contribution in [1.29, 1.82) is 0 Å². The fourth-order valence-corrected chi connectivity index (χ4v) is 3.83. The highest BCUT2D eigenvalue weighted by molar-refractivity contribution is 6.31. The van der Waals surface area contributed by atoms with Gasteiger partial charge in [-0.15, -0.1) is 0 Å². The number of halogens is 1. The van der Waals surface area contributed by atoms with E-state index >= 15 is 0 Å². The van der Waals surface area contributed by atoms with Crippen molar-refractivity contribution in [3.8, 4) is 0 Å². The van der Waals surface area contributed by atoms with Gasteiger partial charge >= 0.3 is 0 Å². The fraction of sp³-hybridized carbons (Fsp3) is 0.562. The number of hydrogen-bond acceptors (Lipinski definition) is 3. The van der Waals surface area contributed by atoms with Gasteiger partial charge in [-0.3, -0.25) is 9.69 Å². The number of piperidine rings is 1. The van der Waals surface area contributed by atoms with Crippen molar-refractivity contribution in [1.82, 2.24) is 10.2 Å². The topological polar surface area (TPSA) is 58.4 Å². The Labute approximate surface area is 130 Å². The lowest BCUT2D eigenvalue weighted by Gasteiger charge is -2.37. The van der Waals surface area contributed by atoms with E-state index in [2.05, 4.69) is 10.2 Å². The molecule has 4 nitrogen and oxygen atoms in total. The monoisotopic (exact) mass is 307 g/mol. The molecular formula is C16H22ClN3O. The summed E-state index contributed by atoms with van der Waals surface area (Å²) in [5.41, 5.74) is 7.01. The van der Waals surface area contributed by atoms with Gasteiger partial charge < -0.3 is 11.1 Å². The van der Waals surface area contributed by atoms with Crippen molar-refractivity contribution >= 4 is 17.5 Å². The summed E-state index contributed by atoms with van der Waals surface area (Å²) in [6.07, 6.45) is 4.40. The zero-order valence-electron chi connectivity index (χ0n) is 12.1. The van der Waals surface area contributed by atoms with Crippen LogP contribution in [0.4, 0.5) is 0 Å². The maximum Gasteiger partial charge on any atom is 0.234 e. The van der Waals surface area contributed by atoms with Crippen molar-refractivity contribution < 1.29 is 4.79 Å². The van der Waals surface area contributed by atoms with E-state index in [0.29, 0.717) is 36.2 Å². The summed E-state index contributed by atoms with van der Waals surface area (Å²) < 4.78 is 0. The van der Waals surface area contributed by atoms with Crippen LogP contribution in [0.5, 0.6) is 0 Å². The van der Waals surface area contributed by atoms with Crippen molar-refractivity contribution in [3.05, 3.63) is 34.9 Å². The lowest BCUT2D eigenvalue weighted by atomic mass is 9.98. The van der Waals surface area contributed by atoms with Gasteiger partial charge in [-0.2, -0.15) is 0 Å². The highest BCUT2D eigenvalue weighted by atomic mass is 35.5. The molecule has 0 aromatic heterocycles. The van der Waals surface area contributed by atoms with Gasteiger partial charge in [-0.1, -0.05) is 29.8 Å². The third-order valence-corrected chi connectivity index (χ3v) is 5.05. The van der Waals surface area contributed by atoms with Gasteiger partial charge in [-0.25, -0.2) is 0 Å². The molecule has 2 bridgehead atoms. The minimum Gasteiger partial charge on any atom is -0.351 e. The minimum atomic E-state index is 0.0716. The molecule has 3 rings (SSSR count). The number of nitrogens with two attached hydrogens (primary N) is 1. The largest absolute Gasteiger partial charge is 0.351 e. The number of hydrogen-bond donors (Lipinski definition) is 2. The second-order valence-corrected chi connectivity index (χ2v) is 6.56. The van der Waals surface area contributed by atoms with Crippen LogP contribution in [0.25, 0.3) is 0 Å². The average Bonchev–Trinajstić information content (AvgIpc) is 2.70. The molecule has 0 spiro atoms. The molecular weight excluding hydrogens is 286 g/mol. The van der Waals surface area contributed by atoms with Crippen LogP contribution < -0.4 is 11.1 Å². The van der Waals surface area contributed by atoms with E-state index in [-0.39, 0.29) is 5.91 Å². The molecule has 1 aromatic rings. The van der Waals surface area contributed by atoms with Crippen LogP contribution >= 0.6 is 11.6 Å². The van der Waals surface area contributed by atoms with E-state index in [1.807, 2.05) is 24.3 Å². The van der Waals surface area contributed by atoms with Crippen molar-refractivity contribution in [2.45, 2.75) is 50.4 Å². The molecule has 5 heteroatoms. The lowest BCUT2D eigenvalue weighted by Crippen LogP contribution is -2.50. The second-order valence-electron chi connectivity index (χ2n) is 6.16. The lowest BCUT2D eigenvalue weighted by molar-refractivity contribution is -0.123. The Hall–Kier alpha value is -1.10. The van der Waals surface area contributed by atoms with Crippen LogP contribution in [0.2, 0.25) is 5.02 Å². The van der Waals surface area contributed by atoms with E-state index in [1.54, 1.807) is 0 Å². The van der Waals surface area contributed by atoms with Crippen molar-refractivity contribution in [3.63, 3.8) is 0 Å². The van der Waals surface area contributed by atoms with Crippen LogP contribution in [-0.2, 0) is 11.3 Å². The van der Waals surface area contributed by atoms with E-state index in [9.17, 15) is 4.79 Å². The summed E-state index contributed by atoms with van der Waals surface area (Å²) in [7, 11) is 0. The number of nitrogens with zero attached hydrogens (tertiary/aromatic N) is 1. The summed E-state index contributed by atoms with van der Waals surface area (Å²) in [6.45, 7) is 0.966. The summed E-state index contributed by atoms with van der Waals surface area (Å²) in [6, 6.07) is 8.89. The Kier molecular flexibility index (Phi) is 4.48. The van der Waals surface area contributed by atoms with Gasteiger partial charge in [0.1, 0.15) is 0 Å². The average molecular weight is 308 g/mol. The predicted molar refractivity (Wildman–Crippen MR) is 84.0 cm³/mol. The van der Waals surface area contributed by atoms with Crippen LogP contribution in [0.3, 0.4) is 0 Å². The molecule has 2 heterocycles. The number of amides is 1. The smallest absolute Gasteiger partial charge is 0.234 e. The number of carbonyl (C=O) groups is 1. The number of carbonyl (C=O) groups excluding carboxylic acids is 1. The number of fused-ring (bicyclic) bond motifs is 2. The van der Waals surface area contributed by atoms with E-state index in [0.717, 1.165) is 18.4 Å². The van der Waals surface area contributed by atoms with Crippen molar-refractivity contribution in [2.24, 2.45) is 5.73 Å². The van der Waals surface area contributed by atoms with Crippen molar-refractivity contribution in [2.75, 3.05) is 6.54 Å². The molecule has 2 atom stereocenters. The van der Waals surface area contributed by atoms with Gasteiger partial charge in [0.25, 0.3) is 0 Å². The number of rotatable bonds is 4. The molecule has 0 radical (unpaired) electrons. The summed E-state index contributed by atoms with van der Waals surface area (Å²) in [5, 5.41) is 3.67. The molecule has 2 saturated heterocycles. The first-order chi connectivity index (χ1) is 10.1. The van der Waals surface area contributed by atoms with Crippen LogP contribution in [-0.4, -0.2) is 35.5 Å². The van der Waals surface area contributed by atoms with Gasteiger partial charge in [0.05, 0.1) is 6.54 Å². The minimum absolute atomic E-state index is 0.0716. The zero-order valence-corrected chi connectivity index (χ0v) is 12.9. The highest BCUT2D eigenvalue weighted by Crippen LogP contribution is 2.34. The molecule has 2 unspecified atom stereocenters. The van der Waals surface area contributed by atoms with E-state index < -0.39 is 0 Å². The Bertz CT molecular complexity index is 508. The molecule has 2 fully saturated rings. The van der Waals surface area contributed by atoms with Gasteiger partial charge in [0, 0.05) is 29.7 Å². The quantitative estimate of drug-likeness (QED) is 0.893. The predicted octanol–water partition coefficient (Wildman–Crippen LogP) is 1.91. The molecule has 2 aliphatic heterocycles. The summed E-state index contributed by atoms with van der Waals surface area (Å²) in [4.78, 5) is 14.5. The normalized spacial score (nSPS) is 28.6. The summed E-state index contributed by atoms with van der Waals surface area (Å²) in [5.74, 6) is 0.0716. The van der Waals surface area contributed by atoms with Crippen LogP contribution in [0.15, 0.2) is 24.3 Å². The third-order valence-electron chi connectivity index (χ3n) is 4.68. The van der Waals surface area contributed by atoms with E-state index in [4.69, 9.17) is 17.3 Å². The molecule has 114 valence electrons. The Morgan fingerprint density at radius 3 is 2.62 bits per heavy atom. The van der Waals surface area contributed by atoms with E-state index in [1.165, 1.54) is 12.8 Å². The molecule has 3 N–H and O–H groups in total. The molecule has 1 amide bonds. The Balaban J connectivity index is 1.52. The second kappa shape index (κ2) is 6.34. The number of nitrogens with one attached hydrogen (secondary N) is 1. The molecule has 1 aromatic carbocycles. The molecule has 2 aliphatic rings. The zero-order chi connectivity index (χ0) is 14.8. The summed E-state index contributed by atoms with van der Waals surface area (Å²) >= 11 is 6.10. The maximum atomic E-state index is 12.2. The molecule has 0 saturated carbocycles. The Morgan fingerprint density at radius 1 is 1.29 bits per heavy atom. The van der Waals surface area contributed by atoms with Crippen LogP contribution in [0.1, 0.15) is 31.2 Å². The Morgan fingerprint density at radius 2 is 1.95 bits per heavy atom. The third kappa shape index (κ3) is 3.39. The molecule has 21 heavy (non-hydrogen) atoms. The van der Waals surface area contributed by atoms with Gasteiger partial charge in [0.2, 0.25) is 5.91 Å². The van der Waals surface area contributed by atoms with Gasteiger partial charge in [-0.05, 0) is 37.3 Å². The van der Waals surface area contributed by atoms with Gasteiger partial charge in [0.15, 0.2) is 0 Å². The fourth-order valence-electron chi connectivity index (χ4n) is 3.63. The SMILES string of the molecule is NC1CC2CCC(C1)N2CC(=O)NCc1ccccc1Cl. The van der Waals surface area contributed by atoms with Crippen LogP contribution in [0, 0.1) is 0 Å². The maximum absolute atomic E-state index is 12.2.